The van der Waals surface area contributed by atoms with E-state index in [0.29, 0.717) is 0 Å². The van der Waals surface area contributed by atoms with Gasteiger partial charge in [0.15, 0.2) is 0 Å². The number of hydrogen-bond donors (Lipinski definition) is 1. The summed E-state index contributed by atoms with van der Waals surface area (Å²) in [7, 11) is 0. The minimum absolute atomic E-state index is 0.0917. The molecule has 0 amide bonds. The van der Waals surface area contributed by atoms with Gasteiger partial charge in [0.1, 0.15) is 5.75 Å². The molecule has 1 aromatic rings. The summed E-state index contributed by atoms with van der Waals surface area (Å²) in [5.74, 6) is 0.222. The Morgan fingerprint density at radius 3 is 2.94 bits per heavy atom. The fourth-order valence-corrected chi connectivity index (χ4v) is 2.50. The van der Waals surface area contributed by atoms with Gasteiger partial charge in [-0.05, 0) is 24.5 Å². The Kier molecular flexibility index (Phi) is 3.67. The summed E-state index contributed by atoms with van der Waals surface area (Å²) in [5.41, 5.74) is 1.04. The quantitative estimate of drug-likeness (QED) is 0.870. The van der Waals surface area contributed by atoms with E-state index in [2.05, 4.69) is 6.92 Å². The van der Waals surface area contributed by atoms with Gasteiger partial charge in [-0.1, -0.05) is 31.5 Å². The van der Waals surface area contributed by atoms with E-state index in [4.69, 9.17) is 9.84 Å². The molecule has 1 aromatic carbocycles. The molecule has 1 heterocycles. The van der Waals surface area contributed by atoms with Crippen LogP contribution in [0.4, 0.5) is 0 Å². The molecule has 2 unspecified atom stereocenters. The van der Waals surface area contributed by atoms with Gasteiger partial charge in [-0.15, -0.1) is 0 Å². The Labute approximate surface area is 101 Å². The molecule has 0 bridgehead atoms. The molecule has 0 aliphatic carbocycles. The van der Waals surface area contributed by atoms with Crippen molar-refractivity contribution in [1.29, 1.82) is 0 Å². The molecule has 0 saturated heterocycles. The van der Waals surface area contributed by atoms with E-state index in [1.165, 1.54) is 0 Å². The van der Waals surface area contributed by atoms with Crippen molar-refractivity contribution in [3.63, 3.8) is 0 Å². The predicted octanol–water partition coefficient (Wildman–Crippen LogP) is 3.20. The lowest BCUT2D eigenvalue weighted by molar-refractivity contribution is -0.137. The molecule has 0 saturated carbocycles. The van der Waals surface area contributed by atoms with E-state index in [9.17, 15) is 4.79 Å². The van der Waals surface area contributed by atoms with Crippen LogP contribution in [0.25, 0.3) is 0 Å². The smallest absolute Gasteiger partial charge is 0.303 e. The maximum Gasteiger partial charge on any atom is 0.303 e. The van der Waals surface area contributed by atoms with Crippen molar-refractivity contribution < 1.29 is 14.6 Å². The number of carboxylic acids is 1. The van der Waals surface area contributed by atoms with Crippen LogP contribution in [-0.2, 0) is 4.79 Å². The monoisotopic (exact) mass is 234 g/mol. The minimum atomic E-state index is -0.734. The highest BCUT2D eigenvalue weighted by molar-refractivity contribution is 5.68. The first-order valence-electron chi connectivity index (χ1n) is 6.18. The molecule has 1 aliphatic rings. The van der Waals surface area contributed by atoms with E-state index >= 15 is 0 Å². The van der Waals surface area contributed by atoms with Crippen molar-refractivity contribution in [1.82, 2.24) is 0 Å². The number of rotatable bonds is 4. The van der Waals surface area contributed by atoms with Crippen molar-refractivity contribution in [2.45, 2.75) is 44.6 Å². The van der Waals surface area contributed by atoms with Crippen molar-refractivity contribution in [3.05, 3.63) is 29.8 Å². The lowest BCUT2D eigenvalue weighted by Crippen LogP contribution is -2.26. The fraction of sp³-hybridized carbons (Fsp3) is 0.500. The summed E-state index contributed by atoms with van der Waals surface area (Å²) in [6, 6.07) is 7.79. The average Bonchev–Trinajstić information content (AvgIpc) is 2.29. The maximum absolute atomic E-state index is 10.9. The number of hydrogen-bond acceptors (Lipinski definition) is 2. The zero-order valence-corrected chi connectivity index (χ0v) is 10.1. The van der Waals surface area contributed by atoms with Gasteiger partial charge in [0, 0.05) is 5.92 Å². The fourth-order valence-electron chi connectivity index (χ4n) is 2.50. The number of aliphatic carboxylic acids is 1. The summed E-state index contributed by atoms with van der Waals surface area (Å²) >= 11 is 0. The van der Waals surface area contributed by atoms with E-state index in [1.54, 1.807) is 0 Å². The van der Waals surface area contributed by atoms with Crippen LogP contribution in [0.15, 0.2) is 24.3 Å². The van der Waals surface area contributed by atoms with Crippen molar-refractivity contribution in [2.24, 2.45) is 0 Å². The summed E-state index contributed by atoms with van der Waals surface area (Å²) in [6.07, 6.45) is 3.23. The molecule has 0 spiro atoms. The molecule has 0 radical (unpaired) electrons. The topological polar surface area (TPSA) is 46.5 Å². The van der Waals surface area contributed by atoms with Gasteiger partial charge in [0.05, 0.1) is 12.5 Å². The standard InChI is InChI=1S/C14H18O3/c1-2-5-11-8-10(9-14(15)16)12-6-3-4-7-13(12)17-11/h3-4,6-7,10-11H,2,5,8-9H2,1H3,(H,15,16). The molecule has 1 N–H and O–H groups in total. The highest BCUT2D eigenvalue weighted by Crippen LogP contribution is 2.39. The van der Waals surface area contributed by atoms with Gasteiger partial charge < -0.3 is 9.84 Å². The van der Waals surface area contributed by atoms with Gasteiger partial charge in [-0.3, -0.25) is 4.79 Å². The number of carboxylic acid groups (broad SMARTS) is 1. The molecular formula is C14H18O3. The van der Waals surface area contributed by atoms with Crippen molar-refractivity contribution >= 4 is 5.97 Å². The van der Waals surface area contributed by atoms with Gasteiger partial charge in [-0.2, -0.15) is 0 Å². The molecule has 3 nitrogen and oxygen atoms in total. The molecule has 0 aromatic heterocycles. The number of benzene rings is 1. The largest absolute Gasteiger partial charge is 0.490 e. The third-order valence-corrected chi connectivity index (χ3v) is 3.23. The Balaban J connectivity index is 2.22. The normalized spacial score (nSPS) is 22.6. The first-order chi connectivity index (χ1) is 8.20. The van der Waals surface area contributed by atoms with E-state index in [-0.39, 0.29) is 18.4 Å². The molecule has 2 rings (SSSR count). The van der Waals surface area contributed by atoms with Crippen LogP contribution in [-0.4, -0.2) is 17.2 Å². The highest BCUT2D eigenvalue weighted by atomic mass is 16.5. The van der Waals surface area contributed by atoms with Crippen LogP contribution in [0.3, 0.4) is 0 Å². The number of ether oxygens (including phenoxy) is 1. The first-order valence-corrected chi connectivity index (χ1v) is 6.18. The zero-order valence-electron chi connectivity index (χ0n) is 10.1. The van der Waals surface area contributed by atoms with E-state index in [0.717, 1.165) is 30.6 Å². The molecule has 1 aliphatic heterocycles. The molecule has 0 fully saturated rings. The van der Waals surface area contributed by atoms with Crippen LogP contribution in [0.1, 0.15) is 44.1 Å². The number of fused-ring (bicyclic) bond motifs is 1. The average molecular weight is 234 g/mol. The highest BCUT2D eigenvalue weighted by Gasteiger charge is 2.28. The van der Waals surface area contributed by atoms with Crippen LogP contribution < -0.4 is 4.74 Å². The third-order valence-electron chi connectivity index (χ3n) is 3.23. The van der Waals surface area contributed by atoms with E-state index < -0.39 is 5.97 Å². The second kappa shape index (κ2) is 5.21. The Morgan fingerprint density at radius 1 is 1.47 bits per heavy atom. The van der Waals surface area contributed by atoms with Gasteiger partial charge in [0.2, 0.25) is 0 Å². The summed E-state index contributed by atoms with van der Waals surface area (Å²) in [4.78, 5) is 10.9. The van der Waals surface area contributed by atoms with Gasteiger partial charge in [-0.25, -0.2) is 0 Å². The Bertz CT molecular complexity index is 400. The van der Waals surface area contributed by atoms with Crippen LogP contribution >= 0.6 is 0 Å². The summed E-state index contributed by atoms with van der Waals surface area (Å²) < 4.78 is 5.89. The Morgan fingerprint density at radius 2 is 2.24 bits per heavy atom. The molecule has 2 atom stereocenters. The molecule has 3 heteroatoms. The Hall–Kier alpha value is -1.51. The summed E-state index contributed by atoms with van der Waals surface area (Å²) in [6.45, 7) is 2.12. The van der Waals surface area contributed by atoms with Crippen molar-refractivity contribution in [3.8, 4) is 5.75 Å². The van der Waals surface area contributed by atoms with Gasteiger partial charge >= 0.3 is 5.97 Å². The maximum atomic E-state index is 10.9. The minimum Gasteiger partial charge on any atom is -0.490 e. The first kappa shape index (κ1) is 12.0. The third kappa shape index (κ3) is 2.78. The van der Waals surface area contributed by atoms with Crippen LogP contribution in [0, 0.1) is 0 Å². The molecule has 17 heavy (non-hydrogen) atoms. The number of para-hydroxylation sites is 1. The van der Waals surface area contributed by atoms with Gasteiger partial charge in [0.25, 0.3) is 0 Å². The SMILES string of the molecule is CCCC1CC(CC(=O)O)c2ccccc2O1. The second-order valence-corrected chi connectivity index (χ2v) is 4.60. The summed E-state index contributed by atoms with van der Waals surface area (Å²) in [5, 5.41) is 8.97. The van der Waals surface area contributed by atoms with Crippen molar-refractivity contribution in [2.75, 3.05) is 0 Å². The molecular weight excluding hydrogens is 216 g/mol. The number of carbonyl (C=O) groups is 1. The second-order valence-electron chi connectivity index (χ2n) is 4.60. The predicted molar refractivity (Wildman–Crippen MR) is 65.4 cm³/mol. The zero-order chi connectivity index (χ0) is 12.3. The molecule has 92 valence electrons. The lowest BCUT2D eigenvalue weighted by atomic mass is 9.86. The lowest BCUT2D eigenvalue weighted by Gasteiger charge is -2.31. The van der Waals surface area contributed by atoms with E-state index in [1.807, 2.05) is 24.3 Å². The van der Waals surface area contributed by atoms with Crippen LogP contribution in [0.5, 0.6) is 5.75 Å². The van der Waals surface area contributed by atoms with Crippen LogP contribution in [0.2, 0.25) is 0 Å².